The molecule has 0 aromatic carbocycles. The Morgan fingerprint density at radius 3 is 2.32 bits per heavy atom. The van der Waals surface area contributed by atoms with Gasteiger partial charge in [-0.15, -0.1) is 0 Å². The second kappa shape index (κ2) is 8.35. The standard InChI is InChI=1S/C14H17N5O7S2/c1-4-27(21,22)9-6-5-7-15-12(9)28(23,24)19-14(20)18-13-16-10(25-2)8-11(17-13)26-3/h5-8H,4H2,1-3H3,(H2,16,17,18,19,20)/p-1. The number of sulfone groups is 1. The summed E-state index contributed by atoms with van der Waals surface area (Å²) in [7, 11) is -6.01. The molecule has 0 fully saturated rings. The van der Waals surface area contributed by atoms with Gasteiger partial charge < -0.3 is 19.9 Å². The Morgan fingerprint density at radius 2 is 1.79 bits per heavy atom. The van der Waals surface area contributed by atoms with Gasteiger partial charge in [0.1, 0.15) is 4.90 Å². The summed E-state index contributed by atoms with van der Waals surface area (Å²) in [6.07, 6.45) is 1.07. The first-order chi connectivity index (χ1) is 13.1. The molecule has 0 aliphatic heterocycles. The minimum absolute atomic E-state index is 0.0473. The zero-order valence-electron chi connectivity index (χ0n) is 15.0. The second-order valence-electron chi connectivity index (χ2n) is 4.98. The van der Waals surface area contributed by atoms with Crippen LogP contribution in [0, 0.1) is 0 Å². The fourth-order valence-corrected chi connectivity index (χ4v) is 4.38. The van der Waals surface area contributed by atoms with Crippen LogP contribution in [0.25, 0.3) is 0 Å². The maximum absolute atomic E-state index is 12.4. The van der Waals surface area contributed by atoms with Crippen molar-refractivity contribution in [2.75, 3.05) is 25.3 Å². The summed E-state index contributed by atoms with van der Waals surface area (Å²) in [6, 6.07) is 2.31. The third-order valence-electron chi connectivity index (χ3n) is 3.21. The molecule has 2 heterocycles. The molecule has 0 aliphatic carbocycles. The van der Waals surface area contributed by atoms with Gasteiger partial charge in [0.25, 0.3) is 0 Å². The molecule has 2 aromatic rings. The highest BCUT2D eigenvalue weighted by Gasteiger charge is 2.26. The highest BCUT2D eigenvalue weighted by molar-refractivity contribution is 7.94. The van der Waals surface area contributed by atoms with Crippen LogP contribution in [-0.2, 0) is 19.9 Å². The zero-order chi connectivity index (χ0) is 20.9. The van der Waals surface area contributed by atoms with Crippen LogP contribution in [0.3, 0.4) is 0 Å². The highest BCUT2D eigenvalue weighted by Crippen LogP contribution is 2.21. The number of rotatable bonds is 7. The molecule has 2 rings (SSSR count). The number of aromatic nitrogens is 3. The third-order valence-corrected chi connectivity index (χ3v) is 6.32. The van der Waals surface area contributed by atoms with E-state index in [2.05, 4.69) is 19.3 Å². The normalized spacial score (nSPS) is 12.5. The van der Waals surface area contributed by atoms with Gasteiger partial charge in [0, 0.05) is 6.20 Å². The summed E-state index contributed by atoms with van der Waals surface area (Å²) in [5.41, 5.74) is 0. The summed E-state index contributed by atoms with van der Waals surface area (Å²) < 4.78 is 61.9. The minimum Gasteiger partial charge on any atom is -0.845 e. The van der Waals surface area contributed by atoms with Crippen LogP contribution in [0.2, 0.25) is 0 Å². The zero-order valence-corrected chi connectivity index (χ0v) is 16.6. The number of amidine groups is 1. The van der Waals surface area contributed by atoms with E-state index in [-0.39, 0.29) is 23.5 Å². The fourth-order valence-electron chi connectivity index (χ4n) is 1.90. The predicted molar refractivity (Wildman–Crippen MR) is 95.3 cm³/mol. The number of nitrogens with one attached hydrogen (secondary N) is 1. The number of hydrogen-bond acceptors (Lipinski definition) is 10. The molecule has 0 spiro atoms. The van der Waals surface area contributed by atoms with E-state index in [0.717, 1.165) is 12.3 Å². The molecule has 0 radical (unpaired) electrons. The van der Waals surface area contributed by atoms with E-state index in [4.69, 9.17) is 9.47 Å². The van der Waals surface area contributed by atoms with Crippen LogP contribution in [0.4, 0.5) is 5.95 Å². The molecular formula is C14H16N5O7S2-. The minimum atomic E-state index is -4.73. The van der Waals surface area contributed by atoms with Crippen molar-refractivity contribution >= 4 is 31.8 Å². The van der Waals surface area contributed by atoms with E-state index in [1.54, 1.807) is 0 Å². The van der Waals surface area contributed by atoms with Gasteiger partial charge in [-0.2, -0.15) is 22.8 Å². The van der Waals surface area contributed by atoms with Crippen LogP contribution in [-0.4, -0.2) is 57.8 Å². The molecule has 152 valence electrons. The van der Waals surface area contributed by atoms with Crippen LogP contribution in [0.1, 0.15) is 6.92 Å². The van der Waals surface area contributed by atoms with E-state index in [1.807, 2.05) is 5.32 Å². The van der Waals surface area contributed by atoms with Gasteiger partial charge >= 0.3 is 10.0 Å². The van der Waals surface area contributed by atoms with E-state index < -0.39 is 35.8 Å². The van der Waals surface area contributed by atoms with Crippen molar-refractivity contribution in [3.8, 4) is 11.8 Å². The molecule has 28 heavy (non-hydrogen) atoms. The largest absolute Gasteiger partial charge is 0.845 e. The van der Waals surface area contributed by atoms with Gasteiger partial charge in [-0.3, -0.25) is 0 Å². The van der Waals surface area contributed by atoms with Gasteiger partial charge in [-0.1, -0.05) is 6.92 Å². The van der Waals surface area contributed by atoms with Crippen molar-refractivity contribution in [1.82, 2.24) is 15.0 Å². The van der Waals surface area contributed by atoms with Gasteiger partial charge in [0.2, 0.25) is 17.7 Å². The number of pyridine rings is 1. The van der Waals surface area contributed by atoms with Gasteiger partial charge in [0.15, 0.2) is 14.9 Å². The molecule has 0 saturated carbocycles. The molecule has 0 unspecified atom stereocenters. The Labute approximate surface area is 161 Å². The van der Waals surface area contributed by atoms with E-state index in [9.17, 15) is 21.9 Å². The number of sulfonamides is 1. The van der Waals surface area contributed by atoms with Crippen molar-refractivity contribution in [3.63, 3.8) is 0 Å². The number of nitrogens with zero attached hydrogens (tertiary/aromatic N) is 4. The van der Waals surface area contributed by atoms with Crippen molar-refractivity contribution < 1.29 is 31.4 Å². The molecule has 0 aliphatic rings. The van der Waals surface area contributed by atoms with E-state index in [1.165, 1.54) is 33.3 Å². The summed E-state index contributed by atoms with van der Waals surface area (Å²) in [6.45, 7) is 1.34. The predicted octanol–water partition coefficient (Wildman–Crippen LogP) is -0.800. The van der Waals surface area contributed by atoms with Gasteiger partial charge in [0.05, 0.1) is 32.1 Å². The lowest BCUT2D eigenvalue weighted by Crippen LogP contribution is -2.29. The molecule has 1 N–H and O–H groups in total. The summed E-state index contributed by atoms with van der Waals surface area (Å²) in [5, 5.41) is 13.2. The van der Waals surface area contributed by atoms with Crippen LogP contribution >= 0.6 is 0 Å². The van der Waals surface area contributed by atoms with Gasteiger partial charge in [-0.05, 0) is 12.1 Å². The van der Waals surface area contributed by atoms with Crippen molar-refractivity contribution in [2.45, 2.75) is 16.8 Å². The van der Waals surface area contributed by atoms with Crippen molar-refractivity contribution in [2.24, 2.45) is 4.40 Å². The number of methoxy groups -OCH3 is 2. The summed E-state index contributed by atoms with van der Waals surface area (Å²) >= 11 is 0. The Kier molecular flexibility index (Phi) is 6.35. The quantitative estimate of drug-likeness (QED) is 0.430. The van der Waals surface area contributed by atoms with Crippen molar-refractivity contribution in [3.05, 3.63) is 24.4 Å². The van der Waals surface area contributed by atoms with E-state index >= 15 is 0 Å². The van der Waals surface area contributed by atoms with E-state index in [0.29, 0.717) is 0 Å². The van der Waals surface area contributed by atoms with Crippen LogP contribution in [0.5, 0.6) is 11.8 Å². The first-order valence-corrected chi connectivity index (χ1v) is 10.7. The lowest BCUT2D eigenvalue weighted by atomic mass is 10.5. The number of ether oxygens (including phenoxy) is 2. The maximum Gasteiger partial charge on any atom is 0.301 e. The lowest BCUT2D eigenvalue weighted by Gasteiger charge is -2.13. The average molecular weight is 430 g/mol. The smallest absolute Gasteiger partial charge is 0.301 e. The molecule has 0 atom stereocenters. The number of anilines is 1. The summed E-state index contributed by atoms with van der Waals surface area (Å²) in [5.74, 6) is -0.593. The Hall–Kier alpha value is -3.00. The van der Waals surface area contributed by atoms with Crippen molar-refractivity contribution in [1.29, 1.82) is 0 Å². The second-order valence-corrected chi connectivity index (χ2v) is 8.75. The van der Waals surface area contributed by atoms with Crippen LogP contribution < -0.4 is 19.9 Å². The van der Waals surface area contributed by atoms with Gasteiger partial charge in [-0.25, -0.2) is 13.4 Å². The Morgan fingerprint density at radius 1 is 1.18 bits per heavy atom. The molecule has 14 heteroatoms. The Balaban J connectivity index is 2.43. The molecule has 0 amide bonds. The lowest BCUT2D eigenvalue weighted by molar-refractivity contribution is -0.213. The monoisotopic (exact) mass is 430 g/mol. The molecule has 0 bridgehead atoms. The molecule has 0 saturated heterocycles. The fraction of sp³-hybridized carbons (Fsp3) is 0.286. The Bertz CT molecular complexity index is 1080. The van der Waals surface area contributed by atoms with Crippen LogP contribution in [0.15, 0.2) is 38.7 Å². The molecule has 12 nitrogen and oxygen atoms in total. The number of hydrogen-bond donors (Lipinski definition) is 1. The first-order valence-electron chi connectivity index (χ1n) is 7.56. The first kappa shape index (κ1) is 21.3. The third kappa shape index (κ3) is 4.83. The molecular weight excluding hydrogens is 414 g/mol. The molecule has 2 aromatic heterocycles. The topological polar surface area (TPSA) is 173 Å². The SMILES string of the molecule is CCS(=O)(=O)c1cccnc1S(=O)(=O)N=C([O-])Nc1nc(OC)cc(OC)n1. The summed E-state index contributed by atoms with van der Waals surface area (Å²) in [4.78, 5) is 10.6. The average Bonchev–Trinajstić information content (AvgIpc) is 2.67. The maximum atomic E-state index is 12.4. The highest BCUT2D eigenvalue weighted by atomic mass is 32.2.